The topological polar surface area (TPSA) is 105 Å². The lowest BCUT2D eigenvalue weighted by Gasteiger charge is -2.20. The molecule has 21 heavy (non-hydrogen) atoms. The van der Waals surface area contributed by atoms with Crippen LogP contribution in [0.25, 0.3) is 10.9 Å². The van der Waals surface area contributed by atoms with Gasteiger partial charge in [0.25, 0.3) is 5.69 Å². The minimum atomic E-state index is -0.972. The average Bonchev–Trinajstić information content (AvgIpc) is 2.43. The maximum absolute atomic E-state index is 11.3. The molecule has 0 aliphatic rings. The summed E-state index contributed by atoms with van der Waals surface area (Å²) in [6.07, 6.45) is 1.43. The molecule has 1 unspecified atom stereocenters. The van der Waals surface area contributed by atoms with E-state index in [2.05, 4.69) is 10.3 Å². The Bertz CT molecular complexity index is 700. The molecule has 0 saturated carbocycles. The molecule has 0 spiro atoms. The van der Waals surface area contributed by atoms with E-state index in [1.807, 2.05) is 0 Å². The van der Waals surface area contributed by atoms with Crippen molar-refractivity contribution in [2.45, 2.75) is 19.9 Å². The molecule has 0 bridgehead atoms. The third-order valence-electron chi connectivity index (χ3n) is 3.19. The Morgan fingerprint density at radius 1 is 1.38 bits per heavy atom. The van der Waals surface area contributed by atoms with Gasteiger partial charge in [0, 0.05) is 23.3 Å². The van der Waals surface area contributed by atoms with Gasteiger partial charge < -0.3 is 10.4 Å². The van der Waals surface area contributed by atoms with Crippen molar-refractivity contribution in [1.82, 2.24) is 4.98 Å². The first-order valence-corrected chi connectivity index (χ1v) is 6.43. The number of para-hydroxylation sites is 1. The monoisotopic (exact) mass is 289 g/mol. The fourth-order valence-electron chi connectivity index (χ4n) is 2.11. The number of carboxylic acids is 1. The lowest BCUT2D eigenvalue weighted by Crippen LogP contribution is -2.34. The number of non-ortho nitro benzene ring substituents is 1. The van der Waals surface area contributed by atoms with E-state index < -0.39 is 16.9 Å². The van der Waals surface area contributed by atoms with E-state index >= 15 is 0 Å². The number of hydrogen-bond donors (Lipinski definition) is 2. The van der Waals surface area contributed by atoms with E-state index in [0.29, 0.717) is 11.1 Å². The highest BCUT2D eigenvalue weighted by molar-refractivity contribution is 5.97. The number of nitrogens with zero attached hydrogens (tertiary/aromatic N) is 2. The number of fused-ring (bicyclic) bond motifs is 1. The van der Waals surface area contributed by atoms with Gasteiger partial charge in [-0.2, -0.15) is 0 Å². The van der Waals surface area contributed by atoms with Crippen molar-refractivity contribution in [3.63, 3.8) is 0 Å². The summed E-state index contributed by atoms with van der Waals surface area (Å²) in [5.41, 5.74) is 0.651. The number of nitrogens with one attached hydrogen (secondary N) is 1. The summed E-state index contributed by atoms with van der Waals surface area (Å²) in [7, 11) is 0. The molecule has 110 valence electrons. The first-order chi connectivity index (χ1) is 9.91. The van der Waals surface area contributed by atoms with E-state index in [9.17, 15) is 20.0 Å². The zero-order valence-electron chi connectivity index (χ0n) is 11.6. The maximum Gasteiger partial charge on any atom is 0.326 e. The van der Waals surface area contributed by atoms with Crippen LogP contribution in [0.2, 0.25) is 0 Å². The minimum Gasteiger partial charge on any atom is -0.480 e. The number of pyridine rings is 1. The van der Waals surface area contributed by atoms with Crippen molar-refractivity contribution in [2.24, 2.45) is 5.92 Å². The highest BCUT2D eigenvalue weighted by atomic mass is 16.6. The molecule has 1 atom stereocenters. The molecular weight excluding hydrogens is 274 g/mol. The highest BCUT2D eigenvalue weighted by Gasteiger charge is 2.23. The smallest absolute Gasteiger partial charge is 0.326 e. The van der Waals surface area contributed by atoms with E-state index in [0.717, 1.165) is 0 Å². The van der Waals surface area contributed by atoms with Crippen LogP contribution in [-0.4, -0.2) is 27.0 Å². The molecule has 0 aliphatic carbocycles. The number of hydrogen-bond acceptors (Lipinski definition) is 5. The Hall–Kier alpha value is -2.70. The van der Waals surface area contributed by atoms with Gasteiger partial charge in [-0.05, 0) is 12.0 Å². The summed E-state index contributed by atoms with van der Waals surface area (Å²) >= 11 is 0. The number of rotatable bonds is 5. The van der Waals surface area contributed by atoms with Crippen LogP contribution in [0.5, 0.6) is 0 Å². The Kier molecular flexibility index (Phi) is 4.02. The Labute approximate surface area is 120 Å². The first kappa shape index (κ1) is 14.7. The SMILES string of the molecule is CC(C)C(Nc1ccnc2c([N+](=O)[O-])cccc12)C(=O)O. The van der Waals surface area contributed by atoms with Gasteiger partial charge in [-0.25, -0.2) is 9.78 Å². The van der Waals surface area contributed by atoms with Crippen LogP contribution >= 0.6 is 0 Å². The van der Waals surface area contributed by atoms with Crippen LogP contribution in [0.15, 0.2) is 30.5 Å². The molecule has 0 radical (unpaired) electrons. The van der Waals surface area contributed by atoms with E-state index in [1.165, 1.54) is 12.3 Å². The Balaban J connectivity index is 2.53. The second-order valence-corrected chi connectivity index (χ2v) is 4.99. The largest absolute Gasteiger partial charge is 0.480 e. The minimum absolute atomic E-state index is 0.104. The number of nitro groups is 1. The summed E-state index contributed by atoms with van der Waals surface area (Å²) in [6.45, 7) is 3.58. The van der Waals surface area contributed by atoms with Crippen LogP contribution in [0, 0.1) is 16.0 Å². The lowest BCUT2D eigenvalue weighted by atomic mass is 10.0. The summed E-state index contributed by atoms with van der Waals surface area (Å²) in [5.74, 6) is -1.11. The molecular formula is C14H15N3O4. The van der Waals surface area contributed by atoms with Gasteiger partial charge in [0.2, 0.25) is 0 Å². The van der Waals surface area contributed by atoms with Crippen LogP contribution < -0.4 is 5.32 Å². The van der Waals surface area contributed by atoms with Crippen LogP contribution in [0.4, 0.5) is 11.4 Å². The zero-order chi connectivity index (χ0) is 15.6. The van der Waals surface area contributed by atoms with Crippen molar-refractivity contribution in [2.75, 3.05) is 5.32 Å². The molecule has 7 heteroatoms. The number of carboxylic acid groups (broad SMARTS) is 1. The Morgan fingerprint density at radius 2 is 2.10 bits per heavy atom. The third kappa shape index (κ3) is 2.91. The summed E-state index contributed by atoms with van der Waals surface area (Å²) in [6, 6.07) is 5.44. The summed E-state index contributed by atoms with van der Waals surface area (Å²) < 4.78 is 0. The number of aliphatic carboxylic acids is 1. The molecule has 1 aromatic heterocycles. The van der Waals surface area contributed by atoms with Crippen molar-refractivity contribution >= 4 is 28.2 Å². The quantitative estimate of drug-likeness (QED) is 0.647. The lowest BCUT2D eigenvalue weighted by molar-refractivity contribution is -0.383. The van der Waals surface area contributed by atoms with Gasteiger partial charge in [-0.1, -0.05) is 26.0 Å². The van der Waals surface area contributed by atoms with E-state index in [1.54, 1.807) is 32.0 Å². The number of benzene rings is 1. The number of carbonyl (C=O) groups is 1. The maximum atomic E-state index is 11.3. The fourth-order valence-corrected chi connectivity index (χ4v) is 2.11. The summed E-state index contributed by atoms with van der Waals surface area (Å²) in [5, 5.41) is 23.7. The van der Waals surface area contributed by atoms with Gasteiger partial charge in [-0.3, -0.25) is 10.1 Å². The van der Waals surface area contributed by atoms with Gasteiger partial charge in [-0.15, -0.1) is 0 Å². The normalized spacial score (nSPS) is 12.3. The van der Waals surface area contributed by atoms with Crippen molar-refractivity contribution in [3.05, 3.63) is 40.6 Å². The van der Waals surface area contributed by atoms with E-state index in [4.69, 9.17) is 0 Å². The first-order valence-electron chi connectivity index (χ1n) is 6.43. The standard InChI is InChI=1S/C14H15N3O4/c1-8(2)12(14(18)19)16-10-6-7-15-13-9(10)4-3-5-11(13)17(20)21/h3-8,12H,1-2H3,(H,15,16)(H,18,19). The fraction of sp³-hybridized carbons (Fsp3) is 0.286. The molecule has 0 amide bonds. The van der Waals surface area contributed by atoms with Gasteiger partial charge >= 0.3 is 5.97 Å². The number of nitro benzene ring substituents is 1. The second kappa shape index (κ2) is 5.74. The van der Waals surface area contributed by atoms with Crippen molar-refractivity contribution < 1.29 is 14.8 Å². The second-order valence-electron chi connectivity index (χ2n) is 4.99. The van der Waals surface area contributed by atoms with E-state index in [-0.39, 0.29) is 17.1 Å². The molecule has 2 aromatic rings. The molecule has 1 heterocycles. The predicted octanol–water partition coefficient (Wildman–Crippen LogP) is 2.66. The highest BCUT2D eigenvalue weighted by Crippen LogP contribution is 2.29. The molecule has 7 nitrogen and oxygen atoms in total. The number of aromatic nitrogens is 1. The molecule has 2 rings (SSSR count). The average molecular weight is 289 g/mol. The molecule has 0 saturated heterocycles. The Morgan fingerprint density at radius 3 is 2.67 bits per heavy atom. The molecule has 1 aromatic carbocycles. The summed E-state index contributed by atoms with van der Waals surface area (Å²) in [4.78, 5) is 25.8. The van der Waals surface area contributed by atoms with Crippen LogP contribution in [0.1, 0.15) is 13.8 Å². The van der Waals surface area contributed by atoms with Gasteiger partial charge in [0.1, 0.15) is 11.6 Å². The third-order valence-corrected chi connectivity index (χ3v) is 3.19. The van der Waals surface area contributed by atoms with Crippen LogP contribution in [-0.2, 0) is 4.79 Å². The van der Waals surface area contributed by atoms with Crippen molar-refractivity contribution in [1.29, 1.82) is 0 Å². The van der Waals surface area contributed by atoms with Gasteiger partial charge in [0.15, 0.2) is 0 Å². The van der Waals surface area contributed by atoms with Crippen LogP contribution in [0.3, 0.4) is 0 Å². The molecule has 2 N–H and O–H groups in total. The zero-order valence-corrected chi connectivity index (χ0v) is 11.6. The molecule has 0 fully saturated rings. The van der Waals surface area contributed by atoms with Gasteiger partial charge in [0.05, 0.1) is 4.92 Å². The predicted molar refractivity (Wildman–Crippen MR) is 78.3 cm³/mol. The van der Waals surface area contributed by atoms with Crippen molar-refractivity contribution in [3.8, 4) is 0 Å². The molecule has 0 aliphatic heterocycles. The number of anilines is 1.